The summed E-state index contributed by atoms with van der Waals surface area (Å²) < 4.78 is 28.7. The van der Waals surface area contributed by atoms with Crippen molar-refractivity contribution >= 4 is 11.3 Å². The highest BCUT2D eigenvalue weighted by Gasteiger charge is 2.14. The van der Waals surface area contributed by atoms with E-state index in [2.05, 4.69) is 27.1 Å². The Kier molecular flexibility index (Phi) is 5.63. The Morgan fingerprint density at radius 2 is 2.19 bits per heavy atom. The molecule has 0 fully saturated rings. The molecule has 0 radical (unpaired) electrons. The third-order valence-corrected chi connectivity index (χ3v) is 4.72. The molecule has 0 atom stereocenters. The topological polar surface area (TPSA) is 94.5 Å². The van der Waals surface area contributed by atoms with Crippen LogP contribution in [0.4, 0.5) is 8.78 Å². The zero-order chi connectivity index (χ0) is 19.4. The van der Waals surface area contributed by atoms with Gasteiger partial charge in [0.2, 0.25) is 0 Å². The van der Waals surface area contributed by atoms with Crippen molar-refractivity contribution in [2.24, 2.45) is 12.8 Å². The fourth-order valence-corrected chi connectivity index (χ4v) is 3.21. The van der Waals surface area contributed by atoms with Crippen LogP contribution in [0.15, 0.2) is 41.0 Å². The number of halogens is 2. The molecule has 3 rings (SSSR count). The van der Waals surface area contributed by atoms with Gasteiger partial charge in [-0.2, -0.15) is 19.0 Å². The van der Waals surface area contributed by atoms with Gasteiger partial charge in [-0.3, -0.25) is 9.25 Å². The minimum Gasteiger partial charge on any atom is -0.327 e. The third-order valence-electron chi connectivity index (χ3n) is 3.73. The SMILES string of the molecule is Cn1cc(C#Cc2ccc(Cn3c(CC(CN)=C(F)F)n[nH]c3=O)s2)cn1. The van der Waals surface area contributed by atoms with Gasteiger partial charge in [0.25, 0.3) is 6.08 Å². The predicted molar refractivity (Wildman–Crippen MR) is 97.5 cm³/mol. The number of rotatable bonds is 5. The number of aromatic nitrogens is 5. The first-order valence-corrected chi connectivity index (χ1v) is 8.74. The van der Waals surface area contributed by atoms with Gasteiger partial charge in [-0.15, -0.1) is 11.3 Å². The number of aromatic amines is 1. The van der Waals surface area contributed by atoms with Crippen LogP contribution in [0.1, 0.15) is 21.1 Å². The van der Waals surface area contributed by atoms with E-state index < -0.39 is 11.8 Å². The number of hydrogen-bond acceptors (Lipinski definition) is 5. The monoisotopic (exact) mass is 390 g/mol. The fraction of sp³-hybridized carbons (Fsp3) is 0.235. The molecule has 3 heterocycles. The lowest BCUT2D eigenvalue weighted by Gasteiger charge is -2.05. The molecule has 3 aromatic rings. The van der Waals surface area contributed by atoms with Crippen molar-refractivity contribution in [3.63, 3.8) is 0 Å². The maximum atomic E-state index is 12.8. The van der Waals surface area contributed by atoms with E-state index in [0.717, 1.165) is 15.3 Å². The normalized spacial score (nSPS) is 10.5. The lowest BCUT2D eigenvalue weighted by atomic mass is 10.2. The number of nitrogens with zero attached hydrogens (tertiary/aromatic N) is 4. The average Bonchev–Trinajstić information content (AvgIpc) is 3.34. The fourth-order valence-electron chi connectivity index (χ4n) is 2.36. The van der Waals surface area contributed by atoms with Crippen molar-refractivity contribution in [1.82, 2.24) is 24.5 Å². The zero-order valence-electron chi connectivity index (χ0n) is 14.4. The van der Waals surface area contributed by atoms with Gasteiger partial charge in [0.05, 0.1) is 23.2 Å². The highest BCUT2D eigenvalue weighted by atomic mass is 32.1. The van der Waals surface area contributed by atoms with Gasteiger partial charge >= 0.3 is 5.69 Å². The Morgan fingerprint density at radius 3 is 2.85 bits per heavy atom. The van der Waals surface area contributed by atoms with Gasteiger partial charge in [0.15, 0.2) is 0 Å². The number of thiophene rings is 1. The van der Waals surface area contributed by atoms with E-state index in [1.54, 1.807) is 10.9 Å². The summed E-state index contributed by atoms with van der Waals surface area (Å²) in [5.41, 5.74) is 5.43. The summed E-state index contributed by atoms with van der Waals surface area (Å²) in [4.78, 5) is 13.7. The largest absolute Gasteiger partial charge is 0.343 e. The lowest BCUT2D eigenvalue weighted by molar-refractivity contribution is 0.407. The van der Waals surface area contributed by atoms with E-state index in [0.29, 0.717) is 0 Å². The predicted octanol–water partition coefficient (Wildman–Crippen LogP) is 1.47. The molecular weight excluding hydrogens is 374 g/mol. The van der Waals surface area contributed by atoms with Gasteiger partial charge in [-0.25, -0.2) is 9.89 Å². The number of H-pyrrole nitrogens is 1. The molecule has 7 nitrogen and oxygen atoms in total. The number of aryl methyl sites for hydroxylation is 1. The summed E-state index contributed by atoms with van der Waals surface area (Å²) in [7, 11) is 1.81. The Hall–Kier alpha value is -3.03. The van der Waals surface area contributed by atoms with E-state index >= 15 is 0 Å². The first-order chi connectivity index (χ1) is 13.0. The Morgan fingerprint density at radius 1 is 1.37 bits per heavy atom. The Bertz CT molecular complexity index is 1090. The molecule has 140 valence electrons. The molecule has 0 unspecified atom stereocenters. The average molecular weight is 390 g/mol. The summed E-state index contributed by atoms with van der Waals surface area (Å²) >= 11 is 1.42. The maximum Gasteiger partial charge on any atom is 0.343 e. The van der Waals surface area contributed by atoms with Crippen molar-refractivity contribution in [3.05, 3.63) is 67.8 Å². The van der Waals surface area contributed by atoms with Crippen LogP contribution in [0.5, 0.6) is 0 Å². The van der Waals surface area contributed by atoms with Crippen LogP contribution < -0.4 is 11.4 Å². The number of nitrogens with two attached hydrogens (primary N) is 1. The molecule has 0 aliphatic carbocycles. The van der Waals surface area contributed by atoms with Crippen LogP contribution >= 0.6 is 11.3 Å². The summed E-state index contributed by atoms with van der Waals surface area (Å²) in [5.74, 6) is 6.26. The molecule has 0 saturated carbocycles. The highest BCUT2D eigenvalue weighted by Crippen LogP contribution is 2.18. The molecule has 3 N–H and O–H groups in total. The first kappa shape index (κ1) is 18.8. The van der Waals surface area contributed by atoms with Crippen LogP contribution in [0.3, 0.4) is 0 Å². The van der Waals surface area contributed by atoms with Crippen molar-refractivity contribution in [2.75, 3.05) is 6.54 Å². The van der Waals surface area contributed by atoms with E-state index in [1.165, 1.54) is 15.9 Å². The van der Waals surface area contributed by atoms with Crippen LogP contribution in [0.25, 0.3) is 0 Å². The molecule has 0 amide bonds. The van der Waals surface area contributed by atoms with E-state index in [-0.39, 0.29) is 30.9 Å². The summed E-state index contributed by atoms with van der Waals surface area (Å²) in [6.07, 6.45) is 1.46. The Labute approximate surface area is 157 Å². The van der Waals surface area contributed by atoms with Crippen LogP contribution in [-0.2, 0) is 20.0 Å². The molecule has 0 aliphatic heterocycles. The molecular formula is C17H16F2N6OS. The first-order valence-electron chi connectivity index (χ1n) is 7.93. The summed E-state index contributed by atoms with van der Waals surface area (Å²) in [6, 6.07) is 3.69. The molecule has 0 bridgehead atoms. The van der Waals surface area contributed by atoms with Gasteiger partial charge in [0.1, 0.15) is 5.82 Å². The van der Waals surface area contributed by atoms with Crippen molar-refractivity contribution in [2.45, 2.75) is 13.0 Å². The van der Waals surface area contributed by atoms with E-state index in [1.807, 2.05) is 25.4 Å². The minimum absolute atomic E-state index is 0.184. The summed E-state index contributed by atoms with van der Waals surface area (Å²) in [6.45, 7) is -0.0773. The number of hydrogen-bond donors (Lipinski definition) is 2. The van der Waals surface area contributed by atoms with E-state index in [4.69, 9.17) is 5.73 Å². The van der Waals surface area contributed by atoms with Crippen LogP contribution in [0.2, 0.25) is 0 Å². The second-order valence-corrected chi connectivity index (χ2v) is 6.86. The second kappa shape index (κ2) is 8.11. The quantitative estimate of drug-likeness (QED) is 0.645. The van der Waals surface area contributed by atoms with E-state index in [9.17, 15) is 13.6 Å². The molecule has 27 heavy (non-hydrogen) atoms. The van der Waals surface area contributed by atoms with Crippen molar-refractivity contribution in [3.8, 4) is 11.8 Å². The molecule has 0 spiro atoms. The van der Waals surface area contributed by atoms with Gasteiger partial charge in [-0.05, 0) is 12.1 Å². The molecule has 0 aliphatic rings. The van der Waals surface area contributed by atoms with Crippen LogP contribution in [0, 0.1) is 11.8 Å². The molecule has 0 saturated heterocycles. The van der Waals surface area contributed by atoms with Crippen molar-refractivity contribution < 1.29 is 8.78 Å². The van der Waals surface area contributed by atoms with Gasteiger partial charge in [0, 0.05) is 36.7 Å². The Balaban J connectivity index is 1.78. The molecule has 3 aromatic heterocycles. The zero-order valence-corrected chi connectivity index (χ0v) is 15.2. The molecule has 0 aromatic carbocycles. The van der Waals surface area contributed by atoms with Crippen LogP contribution in [-0.4, -0.2) is 31.1 Å². The molecule has 10 heteroatoms. The lowest BCUT2D eigenvalue weighted by Crippen LogP contribution is -2.20. The maximum absolute atomic E-state index is 12.8. The van der Waals surface area contributed by atoms with Gasteiger partial charge in [-0.1, -0.05) is 11.8 Å². The van der Waals surface area contributed by atoms with Gasteiger partial charge < -0.3 is 5.73 Å². The minimum atomic E-state index is -1.84. The number of nitrogens with one attached hydrogen (secondary N) is 1. The standard InChI is InChI=1S/C17H16F2N6OS/c1-24-9-11(8-21-24)2-3-13-4-5-14(27-13)10-25-15(22-23-17(25)26)6-12(7-20)16(18)19/h4-5,8-9H,6-7,10,20H2,1H3,(H,23,26). The second-order valence-electron chi connectivity index (χ2n) is 5.69. The third kappa shape index (κ3) is 4.58. The van der Waals surface area contributed by atoms with Crippen molar-refractivity contribution in [1.29, 1.82) is 0 Å². The smallest absolute Gasteiger partial charge is 0.327 e. The summed E-state index contributed by atoms with van der Waals surface area (Å²) in [5, 5.41) is 10.2. The highest BCUT2D eigenvalue weighted by molar-refractivity contribution is 7.12.